The number of alkyl halides is 3. The summed E-state index contributed by atoms with van der Waals surface area (Å²) in [6.07, 6.45) is -3.36. The van der Waals surface area contributed by atoms with Crippen molar-refractivity contribution in [2.24, 2.45) is 0 Å². The second-order valence-corrected chi connectivity index (χ2v) is 6.04. The van der Waals surface area contributed by atoms with E-state index in [2.05, 4.69) is 0 Å². The van der Waals surface area contributed by atoms with Crippen LogP contribution in [0.15, 0.2) is 24.3 Å². The normalized spacial score (nSPS) is 23.1. The Morgan fingerprint density at radius 1 is 1.00 bits per heavy atom. The Morgan fingerprint density at radius 2 is 1.52 bits per heavy atom. The van der Waals surface area contributed by atoms with Gasteiger partial charge >= 0.3 is 6.18 Å². The fourth-order valence-corrected chi connectivity index (χ4v) is 3.14. The first-order valence-corrected chi connectivity index (χ1v) is 7.47. The van der Waals surface area contributed by atoms with Crippen LogP contribution in [0.2, 0.25) is 0 Å². The zero-order valence-corrected chi connectivity index (χ0v) is 12.4. The fraction of sp³-hybridized carbons (Fsp3) is 0.562. The molecular formula is C16H17F3O4. The van der Waals surface area contributed by atoms with E-state index in [1.165, 1.54) is 0 Å². The highest BCUT2D eigenvalue weighted by atomic mass is 19.4. The second-order valence-electron chi connectivity index (χ2n) is 6.04. The van der Waals surface area contributed by atoms with Crippen molar-refractivity contribution in [3.8, 4) is 0 Å². The number of ketones is 1. The van der Waals surface area contributed by atoms with Crippen LogP contribution in [0.3, 0.4) is 0 Å². The van der Waals surface area contributed by atoms with Crippen molar-refractivity contribution in [2.75, 3.05) is 13.2 Å². The Kier molecular flexibility index (Phi) is 3.98. The molecule has 1 heterocycles. The number of hydrogen-bond donors (Lipinski definition) is 1. The monoisotopic (exact) mass is 330 g/mol. The first-order valence-electron chi connectivity index (χ1n) is 7.47. The number of ether oxygens (including phenoxy) is 2. The number of aliphatic hydroxyl groups is 1. The lowest BCUT2D eigenvalue weighted by atomic mass is 9.77. The van der Waals surface area contributed by atoms with Crippen LogP contribution >= 0.6 is 0 Å². The molecule has 7 heteroatoms. The van der Waals surface area contributed by atoms with E-state index in [9.17, 15) is 23.1 Å². The minimum absolute atomic E-state index is 0.0738. The van der Waals surface area contributed by atoms with E-state index in [1.54, 1.807) is 0 Å². The minimum atomic E-state index is -4.45. The maximum absolute atomic E-state index is 12.6. The molecule has 1 aromatic carbocycles. The topological polar surface area (TPSA) is 55.8 Å². The lowest BCUT2D eigenvalue weighted by molar-refractivity contribution is -0.195. The van der Waals surface area contributed by atoms with Crippen molar-refractivity contribution in [3.63, 3.8) is 0 Å². The average Bonchev–Trinajstić information content (AvgIpc) is 2.98. The van der Waals surface area contributed by atoms with Crippen molar-refractivity contribution in [3.05, 3.63) is 35.4 Å². The van der Waals surface area contributed by atoms with Gasteiger partial charge in [0.1, 0.15) is 5.60 Å². The van der Waals surface area contributed by atoms with Crippen LogP contribution in [0.4, 0.5) is 13.2 Å². The van der Waals surface area contributed by atoms with Gasteiger partial charge in [0, 0.05) is 18.4 Å². The summed E-state index contributed by atoms with van der Waals surface area (Å²) in [5.74, 6) is -1.27. The summed E-state index contributed by atoms with van der Waals surface area (Å²) in [5.41, 5.74) is -2.33. The van der Waals surface area contributed by atoms with E-state index in [1.807, 2.05) is 0 Å². The third-order valence-electron chi connectivity index (χ3n) is 4.55. The molecule has 1 aliphatic carbocycles. The maximum atomic E-state index is 12.6. The minimum Gasteiger partial charge on any atom is -0.382 e. The number of halogens is 3. The number of Topliss-reactive ketones (excluding diaryl/α,β-unsaturated/α-hetero) is 1. The molecule has 0 amide bonds. The molecule has 0 radical (unpaired) electrons. The summed E-state index contributed by atoms with van der Waals surface area (Å²) in [7, 11) is 0. The van der Waals surface area contributed by atoms with Crippen molar-refractivity contribution in [1.82, 2.24) is 0 Å². The Morgan fingerprint density at radius 3 is 2.00 bits per heavy atom. The van der Waals surface area contributed by atoms with Crippen LogP contribution in [0.25, 0.3) is 0 Å². The fourth-order valence-electron chi connectivity index (χ4n) is 3.14. The SMILES string of the molecule is O=C(c1ccc(C(F)(F)F)cc1)C1(O)CCC2(CC1)OCCO2. The van der Waals surface area contributed by atoms with Gasteiger partial charge in [0.2, 0.25) is 0 Å². The molecule has 2 aliphatic rings. The summed E-state index contributed by atoms with van der Waals surface area (Å²) in [6, 6.07) is 3.92. The van der Waals surface area contributed by atoms with Gasteiger partial charge in [-0.15, -0.1) is 0 Å². The number of carbonyl (C=O) groups excluding carboxylic acids is 1. The first-order chi connectivity index (χ1) is 10.7. The molecule has 23 heavy (non-hydrogen) atoms. The number of rotatable bonds is 2. The Balaban J connectivity index is 1.72. The van der Waals surface area contributed by atoms with E-state index in [4.69, 9.17) is 9.47 Å². The molecule has 4 nitrogen and oxygen atoms in total. The van der Waals surface area contributed by atoms with Crippen LogP contribution in [0.5, 0.6) is 0 Å². The predicted octanol–water partition coefficient (Wildman–Crippen LogP) is 2.94. The molecule has 1 saturated heterocycles. The number of benzene rings is 1. The van der Waals surface area contributed by atoms with Crippen LogP contribution < -0.4 is 0 Å². The molecule has 1 N–H and O–H groups in total. The summed E-state index contributed by atoms with van der Waals surface area (Å²) in [5, 5.41) is 10.6. The van der Waals surface area contributed by atoms with E-state index in [0.717, 1.165) is 24.3 Å². The lowest BCUT2D eigenvalue weighted by Gasteiger charge is -2.39. The quantitative estimate of drug-likeness (QED) is 0.847. The summed E-state index contributed by atoms with van der Waals surface area (Å²) >= 11 is 0. The van der Waals surface area contributed by atoms with Gasteiger partial charge in [0.15, 0.2) is 11.6 Å². The van der Waals surface area contributed by atoms with Crippen molar-refractivity contribution < 1.29 is 32.5 Å². The summed E-state index contributed by atoms with van der Waals surface area (Å²) in [4.78, 5) is 12.5. The van der Waals surface area contributed by atoms with Crippen molar-refractivity contribution >= 4 is 5.78 Å². The van der Waals surface area contributed by atoms with Crippen LogP contribution in [-0.4, -0.2) is 35.5 Å². The molecule has 1 spiro atoms. The maximum Gasteiger partial charge on any atom is 0.416 e. The molecule has 3 rings (SSSR count). The molecule has 126 valence electrons. The standard InChI is InChI=1S/C16H17F3O4/c17-16(18,19)12-3-1-11(2-4-12)13(20)14(21)5-7-15(8-6-14)22-9-10-23-15/h1-4,21H,5-10H2. The largest absolute Gasteiger partial charge is 0.416 e. The average molecular weight is 330 g/mol. The van der Waals surface area contributed by atoms with Crippen LogP contribution in [0.1, 0.15) is 41.6 Å². The number of hydrogen-bond acceptors (Lipinski definition) is 4. The molecule has 0 atom stereocenters. The predicted molar refractivity (Wildman–Crippen MR) is 73.8 cm³/mol. The van der Waals surface area contributed by atoms with Gasteiger partial charge in [-0.1, -0.05) is 12.1 Å². The van der Waals surface area contributed by atoms with Crippen molar-refractivity contribution in [1.29, 1.82) is 0 Å². The van der Waals surface area contributed by atoms with Gasteiger partial charge in [-0.3, -0.25) is 4.79 Å². The molecule has 0 unspecified atom stereocenters. The first kappa shape index (κ1) is 16.4. The van der Waals surface area contributed by atoms with Gasteiger partial charge < -0.3 is 14.6 Å². The molecule has 0 bridgehead atoms. The summed E-state index contributed by atoms with van der Waals surface area (Å²) < 4.78 is 48.8. The Hall–Kier alpha value is -1.44. The van der Waals surface area contributed by atoms with E-state index in [0.29, 0.717) is 26.1 Å². The summed E-state index contributed by atoms with van der Waals surface area (Å²) in [6.45, 7) is 0.983. The second kappa shape index (κ2) is 5.58. The highest BCUT2D eigenvalue weighted by molar-refractivity contribution is 6.02. The third kappa shape index (κ3) is 3.13. The molecule has 1 aromatic rings. The van der Waals surface area contributed by atoms with Crippen LogP contribution in [-0.2, 0) is 15.7 Å². The van der Waals surface area contributed by atoms with Gasteiger partial charge in [-0.05, 0) is 25.0 Å². The molecule has 2 fully saturated rings. The van der Waals surface area contributed by atoms with Gasteiger partial charge in [-0.2, -0.15) is 13.2 Å². The third-order valence-corrected chi connectivity index (χ3v) is 4.55. The van der Waals surface area contributed by atoms with E-state index < -0.39 is 28.9 Å². The lowest BCUT2D eigenvalue weighted by Crippen LogP contribution is -2.48. The number of carbonyl (C=O) groups is 1. The highest BCUT2D eigenvalue weighted by Crippen LogP contribution is 2.41. The Labute approximate surface area is 131 Å². The van der Waals surface area contributed by atoms with Crippen molar-refractivity contribution in [2.45, 2.75) is 43.2 Å². The van der Waals surface area contributed by atoms with Gasteiger partial charge in [0.05, 0.1) is 18.8 Å². The molecule has 1 aliphatic heterocycles. The molecular weight excluding hydrogens is 313 g/mol. The van der Waals surface area contributed by atoms with Gasteiger partial charge in [0.25, 0.3) is 0 Å². The van der Waals surface area contributed by atoms with E-state index in [-0.39, 0.29) is 18.4 Å². The van der Waals surface area contributed by atoms with Gasteiger partial charge in [-0.25, -0.2) is 0 Å². The highest BCUT2D eigenvalue weighted by Gasteiger charge is 2.48. The Bertz CT molecular complexity index is 578. The zero-order valence-electron chi connectivity index (χ0n) is 12.4. The zero-order chi connectivity index (χ0) is 16.7. The van der Waals surface area contributed by atoms with E-state index >= 15 is 0 Å². The van der Waals surface area contributed by atoms with Crippen LogP contribution in [0, 0.1) is 0 Å². The molecule has 0 aromatic heterocycles. The smallest absolute Gasteiger partial charge is 0.382 e. The molecule has 1 saturated carbocycles.